The minimum Gasteiger partial charge on any atom is -0.507 e. The lowest BCUT2D eigenvalue weighted by Gasteiger charge is -2.18. The molecule has 1 aromatic carbocycles. The van der Waals surface area contributed by atoms with E-state index in [9.17, 15) is 9.90 Å². The van der Waals surface area contributed by atoms with E-state index >= 15 is 0 Å². The van der Waals surface area contributed by atoms with Crippen LogP contribution in [0.5, 0.6) is 5.75 Å². The molecule has 0 amide bonds. The van der Waals surface area contributed by atoms with E-state index in [1.165, 1.54) is 6.07 Å². The van der Waals surface area contributed by atoms with Crippen molar-refractivity contribution in [3.05, 3.63) is 23.8 Å². The quantitative estimate of drug-likeness (QED) is 0.692. The van der Waals surface area contributed by atoms with Crippen molar-refractivity contribution in [2.24, 2.45) is 0 Å². The summed E-state index contributed by atoms with van der Waals surface area (Å²) in [6, 6.07) is 4.77. The topological polar surface area (TPSA) is 60.8 Å². The van der Waals surface area contributed by atoms with E-state index in [4.69, 9.17) is 5.11 Å². The molecule has 4 nitrogen and oxygen atoms in total. The van der Waals surface area contributed by atoms with Gasteiger partial charge in [0.15, 0.2) is 6.29 Å². The van der Waals surface area contributed by atoms with Gasteiger partial charge in [-0.15, -0.1) is 0 Å². The minimum absolute atomic E-state index is 0.0395. The maximum absolute atomic E-state index is 10.4. The number of aldehydes is 1. The summed E-state index contributed by atoms with van der Waals surface area (Å²) in [5, 5.41) is 18.1. The number of aliphatic hydroxyl groups excluding tert-OH is 1. The normalized spacial score (nSPS) is 9.86. The fourth-order valence-corrected chi connectivity index (χ4v) is 1.15. The molecular weight excluding hydrogens is 182 g/mol. The van der Waals surface area contributed by atoms with Crippen molar-refractivity contribution >= 4 is 12.0 Å². The predicted molar refractivity (Wildman–Crippen MR) is 53.9 cm³/mol. The molecule has 0 atom stereocenters. The van der Waals surface area contributed by atoms with E-state index < -0.39 is 0 Å². The smallest absolute Gasteiger partial charge is 0.153 e. The lowest BCUT2D eigenvalue weighted by molar-refractivity contribution is 0.112. The zero-order valence-corrected chi connectivity index (χ0v) is 7.97. The molecule has 0 aliphatic rings. The summed E-state index contributed by atoms with van der Waals surface area (Å²) >= 11 is 0. The summed E-state index contributed by atoms with van der Waals surface area (Å²) in [5.74, 6) is -0.0395. The lowest BCUT2D eigenvalue weighted by Crippen LogP contribution is -2.20. The van der Waals surface area contributed by atoms with E-state index in [-0.39, 0.29) is 17.9 Å². The summed E-state index contributed by atoms with van der Waals surface area (Å²) in [5.41, 5.74) is 1.04. The van der Waals surface area contributed by atoms with Crippen molar-refractivity contribution in [1.82, 2.24) is 0 Å². The van der Waals surface area contributed by atoms with Gasteiger partial charge in [-0.25, -0.2) is 0 Å². The van der Waals surface area contributed by atoms with Gasteiger partial charge in [-0.1, -0.05) is 0 Å². The number of carbonyl (C=O) groups is 1. The van der Waals surface area contributed by atoms with Crippen LogP contribution in [0.2, 0.25) is 0 Å². The van der Waals surface area contributed by atoms with E-state index in [0.29, 0.717) is 12.8 Å². The van der Waals surface area contributed by atoms with Gasteiger partial charge in [0.05, 0.1) is 12.2 Å². The third kappa shape index (κ3) is 2.23. The van der Waals surface area contributed by atoms with Crippen molar-refractivity contribution in [2.75, 3.05) is 25.1 Å². The molecule has 0 fully saturated rings. The predicted octanol–water partition coefficient (Wildman–Crippen LogP) is 0.633. The average Bonchev–Trinajstić information content (AvgIpc) is 2.18. The molecule has 1 rings (SSSR count). The van der Waals surface area contributed by atoms with Crippen molar-refractivity contribution < 1.29 is 15.0 Å². The molecule has 0 aliphatic carbocycles. The van der Waals surface area contributed by atoms with Crippen LogP contribution in [-0.2, 0) is 0 Å². The van der Waals surface area contributed by atoms with Crippen LogP contribution in [0, 0.1) is 0 Å². The van der Waals surface area contributed by atoms with Gasteiger partial charge in [-0.05, 0) is 12.1 Å². The molecule has 0 heterocycles. The largest absolute Gasteiger partial charge is 0.507 e. The van der Waals surface area contributed by atoms with Gasteiger partial charge >= 0.3 is 0 Å². The first kappa shape index (κ1) is 10.5. The lowest BCUT2D eigenvalue weighted by atomic mass is 10.2. The average molecular weight is 195 g/mol. The van der Waals surface area contributed by atoms with Gasteiger partial charge in [0.2, 0.25) is 0 Å². The van der Waals surface area contributed by atoms with Crippen LogP contribution in [0.3, 0.4) is 0 Å². The molecule has 0 saturated heterocycles. The Kier molecular flexibility index (Phi) is 3.48. The number of hydrogen-bond donors (Lipinski definition) is 2. The van der Waals surface area contributed by atoms with Crippen molar-refractivity contribution in [2.45, 2.75) is 0 Å². The summed E-state index contributed by atoms with van der Waals surface area (Å²) in [7, 11) is 1.80. The Morgan fingerprint density at radius 1 is 1.50 bits per heavy atom. The second-order valence-electron chi connectivity index (χ2n) is 3.01. The highest BCUT2D eigenvalue weighted by Gasteiger charge is 2.04. The molecule has 0 spiro atoms. The number of phenolic OH excluding ortho intramolecular Hbond substituents is 1. The van der Waals surface area contributed by atoms with Crippen LogP contribution < -0.4 is 4.90 Å². The first-order valence-electron chi connectivity index (χ1n) is 4.29. The zero-order valence-electron chi connectivity index (χ0n) is 7.97. The number of hydrogen-bond acceptors (Lipinski definition) is 4. The van der Waals surface area contributed by atoms with Crippen LogP contribution in [-0.4, -0.2) is 36.7 Å². The van der Waals surface area contributed by atoms with Gasteiger partial charge in [0, 0.05) is 25.3 Å². The molecule has 0 bridgehead atoms. The van der Waals surface area contributed by atoms with Gasteiger partial charge in [0.25, 0.3) is 0 Å². The molecule has 0 radical (unpaired) electrons. The standard InChI is InChI=1S/C10H13NO3/c1-11(4-5-12)9-3-2-8(7-13)10(14)6-9/h2-3,6-7,12,14H,4-5H2,1H3. The van der Waals surface area contributed by atoms with E-state index in [2.05, 4.69) is 0 Å². The summed E-state index contributed by atoms with van der Waals surface area (Å²) in [6.07, 6.45) is 0.602. The molecule has 0 unspecified atom stereocenters. The number of aromatic hydroxyl groups is 1. The highest BCUT2D eigenvalue weighted by atomic mass is 16.3. The summed E-state index contributed by atoms with van der Waals surface area (Å²) in [4.78, 5) is 12.2. The molecule has 0 aromatic heterocycles. The Hall–Kier alpha value is -1.55. The SMILES string of the molecule is CN(CCO)c1ccc(C=O)c(O)c1. The van der Waals surface area contributed by atoms with Crippen LogP contribution in [0.25, 0.3) is 0 Å². The van der Waals surface area contributed by atoms with Crippen LogP contribution >= 0.6 is 0 Å². The number of rotatable bonds is 4. The maximum atomic E-state index is 10.4. The molecule has 14 heavy (non-hydrogen) atoms. The van der Waals surface area contributed by atoms with E-state index in [1.807, 2.05) is 0 Å². The molecule has 1 aromatic rings. The van der Waals surface area contributed by atoms with E-state index in [0.717, 1.165) is 5.69 Å². The third-order valence-corrected chi connectivity index (χ3v) is 2.02. The second kappa shape index (κ2) is 4.62. The molecule has 0 aliphatic heterocycles. The number of benzene rings is 1. The fourth-order valence-electron chi connectivity index (χ4n) is 1.15. The monoisotopic (exact) mass is 195 g/mol. The molecule has 0 saturated carbocycles. The number of nitrogens with zero attached hydrogens (tertiary/aromatic N) is 1. The van der Waals surface area contributed by atoms with Gasteiger partial charge in [-0.3, -0.25) is 4.79 Å². The Balaban J connectivity index is 2.90. The summed E-state index contributed by atoms with van der Waals surface area (Å²) < 4.78 is 0. The Labute approximate surface area is 82.4 Å². The first-order chi connectivity index (χ1) is 6.69. The van der Waals surface area contributed by atoms with Crippen LogP contribution in [0.1, 0.15) is 10.4 Å². The van der Waals surface area contributed by atoms with Crippen molar-refractivity contribution in [3.63, 3.8) is 0 Å². The van der Waals surface area contributed by atoms with Crippen molar-refractivity contribution in [1.29, 1.82) is 0 Å². The van der Waals surface area contributed by atoms with Gasteiger partial charge in [-0.2, -0.15) is 0 Å². The number of anilines is 1. The van der Waals surface area contributed by atoms with Crippen LogP contribution in [0.4, 0.5) is 5.69 Å². The first-order valence-corrected chi connectivity index (χ1v) is 4.29. The number of likely N-dealkylation sites (N-methyl/N-ethyl adjacent to an activating group) is 1. The van der Waals surface area contributed by atoms with Gasteiger partial charge < -0.3 is 15.1 Å². The zero-order chi connectivity index (χ0) is 10.6. The highest BCUT2D eigenvalue weighted by molar-refractivity contribution is 5.80. The maximum Gasteiger partial charge on any atom is 0.153 e. The Morgan fingerprint density at radius 3 is 2.71 bits per heavy atom. The Bertz CT molecular complexity index is 325. The summed E-state index contributed by atoms with van der Waals surface area (Å²) in [6.45, 7) is 0.534. The molecule has 2 N–H and O–H groups in total. The highest BCUT2D eigenvalue weighted by Crippen LogP contribution is 2.22. The Morgan fingerprint density at radius 2 is 2.21 bits per heavy atom. The number of aliphatic hydroxyl groups is 1. The van der Waals surface area contributed by atoms with Crippen LogP contribution in [0.15, 0.2) is 18.2 Å². The number of carbonyl (C=O) groups excluding carboxylic acids is 1. The van der Waals surface area contributed by atoms with Crippen molar-refractivity contribution in [3.8, 4) is 5.75 Å². The third-order valence-electron chi connectivity index (χ3n) is 2.02. The van der Waals surface area contributed by atoms with E-state index in [1.54, 1.807) is 24.1 Å². The molecular formula is C10H13NO3. The second-order valence-corrected chi connectivity index (χ2v) is 3.01. The minimum atomic E-state index is -0.0395. The molecule has 76 valence electrons. The fraction of sp³-hybridized carbons (Fsp3) is 0.300. The van der Waals surface area contributed by atoms with Gasteiger partial charge in [0.1, 0.15) is 5.75 Å². The number of phenols is 1. The molecule has 4 heteroatoms.